The third kappa shape index (κ3) is 2.92. The van der Waals surface area contributed by atoms with Crippen molar-refractivity contribution in [3.05, 3.63) is 24.0 Å². The van der Waals surface area contributed by atoms with Crippen molar-refractivity contribution >= 4 is 11.6 Å². The Hall–Kier alpha value is -1.62. The van der Waals surface area contributed by atoms with Gasteiger partial charge >= 0.3 is 0 Å². The molecule has 0 aliphatic rings. The van der Waals surface area contributed by atoms with Gasteiger partial charge in [-0.1, -0.05) is 0 Å². The van der Waals surface area contributed by atoms with Crippen LogP contribution in [0.2, 0.25) is 0 Å². The molecule has 0 bridgehead atoms. The van der Waals surface area contributed by atoms with Gasteiger partial charge in [-0.05, 0) is 19.1 Å². The second-order valence-corrected chi connectivity index (χ2v) is 3.12. The van der Waals surface area contributed by atoms with Gasteiger partial charge in [0.15, 0.2) is 0 Å². The number of nitrogens with one attached hydrogen (secondary N) is 1. The molecule has 82 valence electrons. The third-order valence-corrected chi connectivity index (χ3v) is 1.84. The van der Waals surface area contributed by atoms with Gasteiger partial charge in [-0.3, -0.25) is 4.79 Å². The molecule has 0 aliphatic carbocycles. The number of nitrogens with two attached hydrogens (primary N) is 1. The van der Waals surface area contributed by atoms with Gasteiger partial charge in [0.1, 0.15) is 11.6 Å². The molecule has 0 radical (unpaired) electrons. The number of hydrogen-bond acceptors (Lipinski definition) is 3. The SMILES string of the molecule is COc1ccc(F)c(NC(=O)[C@H](C)N)c1. The summed E-state index contributed by atoms with van der Waals surface area (Å²) >= 11 is 0. The van der Waals surface area contributed by atoms with Crippen LogP contribution in [0.1, 0.15) is 6.92 Å². The molecule has 5 heteroatoms. The van der Waals surface area contributed by atoms with E-state index in [0.29, 0.717) is 5.75 Å². The maximum atomic E-state index is 13.2. The lowest BCUT2D eigenvalue weighted by atomic mass is 10.2. The van der Waals surface area contributed by atoms with Gasteiger partial charge in [-0.15, -0.1) is 0 Å². The molecule has 1 amide bonds. The molecule has 4 nitrogen and oxygen atoms in total. The van der Waals surface area contributed by atoms with E-state index >= 15 is 0 Å². The van der Waals surface area contributed by atoms with E-state index in [4.69, 9.17) is 10.5 Å². The molecular formula is C10H13FN2O2. The minimum absolute atomic E-state index is 0.0663. The number of carbonyl (C=O) groups excluding carboxylic acids is 1. The Labute approximate surface area is 87.2 Å². The summed E-state index contributed by atoms with van der Waals surface area (Å²) in [4.78, 5) is 11.2. The first-order chi connectivity index (χ1) is 7.04. The number of methoxy groups -OCH3 is 1. The number of halogens is 1. The highest BCUT2D eigenvalue weighted by atomic mass is 19.1. The van der Waals surface area contributed by atoms with Crippen molar-refractivity contribution in [3.8, 4) is 5.75 Å². The lowest BCUT2D eigenvalue weighted by molar-refractivity contribution is -0.117. The summed E-state index contributed by atoms with van der Waals surface area (Å²) in [7, 11) is 1.46. The monoisotopic (exact) mass is 212 g/mol. The smallest absolute Gasteiger partial charge is 0.241 e. The van der Waals surface area contributed by atoms with Crippen LogP contribution >= 0.6 is 0 Å². The van der Waals surface area contributed by atoms with Gasteiger partial charge in [-0.2, -0.15) is 0 Å². The quantitative estimate of drug-likeness (QED) is 0.789. The first kappa shape index (κ1) is 11.5. The average molecular weight is 212 g/mol. The van der Waals surface area contributed by atoms with E-state index in [1.54, 1.807) is 0 Å². The predicted molar refractivity (Wildman–Crippen MR) is 55.2 cm³/mol. The van der Waals surface area contributed by atoms with E-state index in [-0.39, 0.29) is 5.69 Å². The Kier molecular flexibility index (Phi) is 3.62. The highest BCUT2D eigenvalue weighted by molar-refractivity contribution is 5.94. The largest absolute Gasteiger partial charge is 0.497 e. The van der Waals surface area contributed by atoms with Crippen molar-refractivity contribution in [1.82, 2.24) is 0 Å². The van der Waals surface area contributed by atoms with Crippen LogP contribution in [0.3, 0.4) is 0 Å². The second kappa shape index (κ2) is 4.75. The van der Waals surface area contributed by atoms with Crippen molar-refractivity contribution in [2.75, 3.05) is 12.4 Å². The third-order valence-electron chi connectivity index (χ3n) is 1.84. The predicted octanol–water partition coefficient (Wildman–Crippen LogP) is 1.12. The first-order valence-corrected chi connectivity index (χ1v) is 4.44. The van der Waals surface area contributed by atoms with Crippen LogP contribution in [0.5, 0.6) is 5.75 Å². The highest BCUT2D eigenvalue weighted by Crippen LogP contribution is 2.20. The van der Waals surface area contributed by atoms with Crippen LogP contribution in [0.4, 0.5) is 10.1 Å². The van der Waals surface area contributed by atoms with Crippen molar-refractivity contribution in [2.24, 2.45) is 5.73 Å². The molecule has 0 saturated heterocycles. The Morgan fingerprint density at radius 2 is 2.27 bits per heavy atom. The van der Waals surface area contributed by atoms with Crippen LogP contribution in [0.25, 0.3) is 0 Å². The fourth-order valence-corrected chi connectivity index (χ4v) is 0.974. The number of carbonyl (C=O) groups is 1. The van der Waals surface area contributed by atoms with Gasteiger partial charge in [0, 0.05) is 6.07 Å². The molecule has 1 rings (SSSR count). The van der Waals surface area contributed by atoms with Crippen LogP contribution in [0, 0.1) is 5.82 Å². The highest BCUT2D eigenvalue weighted by Gasteiger charge is 2.11. The summed E-state index contributed by atoms with van der Waals surface area (Å²) in [6.07, 6.45) is 0. The van der Waals surface area contributed by atoms with E-state index in [1.165, 1.54) is 32.2 Å². The summed E-state index contributed by atoms with van der Waals surface area (Å²) in [5.41, 5.74) is 5.41. The Morgan fingerprint density at radius 3 is 2.80 bits per heavy atom. The topological polar surface area (TPSA) is 64.3 Å². The number of anilines is 1. The van der Waals surface area contributed by atoms with E-state index in [0.717, 1.165) is 0 Å². The van der Waals surface area contributed by atoms with E-state index in [9.17, 15) is 9.18 Å². The maximum absolute atomic E-state index is 13.2. The first-order valence-electron chi connectivity index (χ1n) is 4.44. The molecule has 0 saturated carbocycles. The second-order valence-electron chi connectivity index (χ2n) is 3.12. The zero-order chi connectivity index (χ0) is 11.4. The minimum Gasteiger partial charge on any atom is -0.497 e. The normalized spacial score (nSPS) is 12.0. The molecule has 15 heavy (non-hydrogen) atoms. The van der Waals surface area contributed by atoms with Crippen molar-refractivity contribution in [3.63, 3.8) is 0 Å². The van der Waals surface area contributed by atoms with Crippen LogP contribution in [-0.4, -0.2) is 19.1 Å². The molecule has 1 atom stereocenters. The van der Waals surface area contributed by atoms with Gasteiger partial charge in [-0.25, -0.2) is 4.39 Å². The van der Waals surface area contributed by atoms with Crippen molar-refractivity contribution in [2.45, 2.75) is 13.0 Å². The number of amides is 1. The zero-order valence-electron chi connectivity index (χ0n) is 8.58. The molecule has 3 N–H and O–H groups in total. The average Bonchev–Trinajstić information content (AvgIpc) is 2.21. The molecule has 0 fully saturated rings. The fourth-order valence-electron chi connectivity index (χ4n) is 0.974. The lowest BCUT2D eigenvalue weighted by Gasteiger charge is -2.09. The standard InChI is InChI=1S/C10H13FN2O2/c1-6(12)10(14)13-9-5-7(15-2)3-4-8(9)11/h3-6H,12H2,1-2H3,(H,13,14)/t6-/m0/s1. The summed E-state index contributed by atoms with van der Waals surface area (Å²) in [6, 6.07) is 3.40. The Bertz CT molecular complexity index is 366. The van der Waals surface area contributed by atoms with Gasteiger partial charge in [0.05, 0.1) is 18.8 Å². The van der Waals surface area contributed by atoms with Crippen LogP contribution < -0.4 is 15.8 Å². The van der Waals surface area contributed by atoms with Crippen molar-refractivity contribution in [1.29, 1.82) is 0 Å². The molecule has 0 unspecified atom stereocenters. The maximum Gasteiger partial charge on any atom is 0.241 e. The molecular weight excluding hydrogens is 199 g/mol. The number of benzene rings is 1. The molecule has 1 aromatic carbocycles. The van der Waals surface area contributed by atoms with E-state index < -0.39 is 17.8 Å². The molecule has 0 aliphatic heterocycles. The van der Waals surface area contributed by atoms with Gasteiger partial charge < -0.3 is 15.8 Å². The molecule has 0 aromatic heterocycles. The minimum atomic E-state index is -0.685. The van der Waals surface area contributed by atoms with E-state index in [1.807, 2.05) is 0 Å². The number of rotatable bonds is 3. The van der Waals surface area contributed by atoms with Gasteiger partial charge in [0.25, 0.3) is 0 Å². The molecule has 1 aromatic rings. The van der Waals surface area contributed by atoms with Crippen LogP contribution in [0.15, 0.2) is 18.2 Å². The van der Waals surface area contributed by atoms with Crippen molar-refractivity contribution < 1.29 is 13.9 Å². The Morgan fingerprint density at radius 1 is 1.60 bits per heavy atom. The summed E-state index contributed by atoms with van der Waals surface area (Å²) < 4.78 is 18.1. The van der Waals surface area contributed by atoms with Gasteiger partial charge in [0.2, 0.25) is 5.91 Å². The lowest BCUT2D eigenvalue weighted by Crippen LogP contribution is -2.32. The fraction of sp³-hybridized carbons (Fsp3) is 0.300. The molecule has 0 spiro atoms. The zero-order valence-corrected chi connectivity index (χ0v) is 8.58. The Balaban J connectivity index is 2.88. The number of hydrogen-bond donors (Lipinski definition) is 2. The molecule has 0 heterocycles. The van der Waals surface area contributed by atoms with Crippen LogP contribution in [-0.2, 0) is 4.79 Å². The summed E-state index contributed by atoms with van der Waals surface area (Å²) in [5.74, 6) is -0.497. The number of ether oxygens (including phenoxy) is 1. The summed E-state index contributed by atoms with van der Waals surface area (Å²) in [5, 5.41) is 2.37. The van der Waals surface area contributed by atoms with E-state index in [2.05, 4.69) is 5.32 Å². The summed E-state index contributed by atoms with van der Waals surface area (Å²) in [6.45, 7) is 1.52.